The van der Waals surface area contributed by atoms with Gasteiger partial charge >= 0.3 is 0 Å². The Morgan fingerprint density at radius 1 is 0.978 bits per heavy atom. The third-order valence-electron chi connectivity index (χ3n) is 8.16. The zero-order valence-electron chi connectivity index (χ0n) is 25.9. The molecule has 1 fully saturated rings. The largest absolute Gasteiger partial charge is 0.396 e. The van der Waals surface area contributed by atoms with Gasteiger partial charge in [-0.25, -0.2) is 9.37 Å². The first-order valence-corrected chi connectivity index (χ1v) is 15.0. The molecule has 0 unspecified atom stereocenters. The van der Waals surface area contributed by atoms with Crippen molar-refractivity contribution >= 4 is 29.0 Å². The van der Waals surface area contributed by atoms with Crippen LogP contribution in [0.2, 0.25) is 0 Å². The number of benzene rings is 3. The van der Waals surface area contributed by atoms with E-state index in [9.17, 15) is 19.5 Å². The van der Waals surface area contributed by atoms with Crippen LogP contribution in [-0.4, -0.2) is 51.1 Å². The van der Waals surface area contributed by atoms with Crippen molar-refractivity contribution < 1.29 is 19.1 Å². The summed E-state index contributed by atoms with van der Waals surface area (Å²) in [6.07, 6.45) is 2.98. The smallest absolute Gasteiger partial charge is 0.293 e. The molecule has 5 rings (SSSR count). The minimum atomic E-state index is -0.680. The van der Waals surface area contributed by atoms with Crippen LogP contribution in [0.1, 0.15) is 59.9 Å². The number of nitrogens with zero attached hydrogens (tertiary/aromatic N) is 3. The number of halogens is 1. The summed E-state index contributed by atoms with van der Waals surface area (Å²) in [7, 11) is 1.55. The number of rotatable bonds is 7. The number of aliphatic hydroxyl groups excluding tert-OH is 1. The Morgan fingerprint density at radius 3 is 2.24 bits per heavy atom. The first-order chi connectivity index (χ1) is 21.4. The van der Waals surface area contributed by atoms with Gasteiger partial charge in [0, 0.05) is 55.3 Å². The number of nitrogens with one attached hydrogen (secondary N) is 2. The number of anilines is 3. The highest BCUT2D eigenvalue weighted by Gasteiger charge is 2.23. The second-order valence-electron chi connectivity index (χ2n) is 12.5. The number of aliphatic hydroxyl groups is 1. The highest BCUT2D eigenvalue weighted by molar-refractivity contribution is 6.04. The van der Waals surface area contributed by atoms with Gasteiger partial charge < -0.3 is 25.2 Å². The van der Waals surface area contributed by atoms with Gasteiger partial charge in [-0.2, -0.15) is 0 Å². The lowest BCUT2D eigenvalue weighted by Crippen LogP contribution is -2.39. The quantitative estimate of drug-likeness (QED) is 0.246. The molecule has 9 nitrogen and oxygen atoms in total. The Morgan fingerprint density at radius 2 is 1.62 bits per heavy atom. The van der Waals surface area contributed by atoms with Crippen molar-refractivity contribution in [3.8, 4) is 11.3 Å². The Hall–Kier alpha value is -4.83. The lowest BCUT2D eigenvalue weighted by atomic mass is 9.87. The van der Waals surface area contributed by atoms with Crippen molar-refractivity contribution in [3.05, 3.63) is 106 Å². The van der Waals surface area contributed by atoms with Gasteiger partial charge in [-0.05, 0) is 78.3 Å². The van der Waals surface area contributed by atoms with Crippen LogP contribution in [0.3, 0.4) is 0 Å². The zero-order valence-corrected chi connectivity index (χ0v) is 25.9. The molecular formula is C35H38FN5O4. The lowest BCUT2D eigenvalue weighted by molar-refractivity contribution is 0.0651. The number of carbonyl (C=O) groups excluding carboxylic acids is 2. The predicted molar refractivity (Wildman–Crippen MR) is 173 cm³/mol. The SMILES string of the molecule is Cn1cc(-c2cccc(NC(=O)c3ccc(C(C)(C)C)cc3)c2F)nc(Nc2ccc(C(=O)N3CCC(CO)CC3)cc2)c1=O. The van der Waals surface area contributed by atoms with Gasteiger partial charge in [-0.15, -0.1) is 0 Å². The molecule has 0 spiro atoms. The summed E-state index contributed by atoms with van der Waals surface area (Å²) in [6.45, 7) is 7.59. The molecule has 3 N–H and O–H groups in total. The minimum absolute atomic E-state index is 0.0107. The fourth-order valence-corrected chi connectivity index (χ4v) is 5.29. The van der Waals surface area contributed by atoms with Crippen molar-refractivity contribution in [2.75, 3.05) is 30.3 Å². The van der Waals surface area contributed by atoms with E-state index < -0.39 is 17.3 Å². The second kappa shape index (κ2) is 13.0. The number of hydrogen-bond donors (Lipinski definition) is 3. The molecule has 234 valence electrons. The average molecular weight is 612 g/mol. The van der Waals surface area contributed by atoms with E-state index in [-0.39, 0.29) is 46.6 Å². The Labute approximate surface area is 261 Å². The third kappa shape index (κ3) is 7.12. The number of carbonyl (C=O) groups is 2. The summed E-state index contributed by atoms with van der Waals surface area (Å²) in [4.78, 5) is 45.0. The Kier molecular flexibility index (Phi) is 9.15. The molecule has 4 aromatic rings. The van der Waals surface area contributed by atoms with Crippen LogP contribution in [0.5, 0.6) is 0 Å². The first kappa shape index (κ1) is 31.6. The van der Waals surface area contributed by atoms with Crippen LogP contribution in [0.4, 0.5) is 21.6 Å². The van der Waals surface area contributed by atoms with Gasteiger partial charge in [0.2, 0.25) is 0 Å². The minimum Gasteiger partial charge on any atom is -0.396 e. The van der Waals surface area contributed by atoms with E-state index in [2.05, 4.69) is 36.4 Å². The molecule has 0 bridgehead atoms. The van der Waals surface area contributed by atoms with Crippen LogP contribution < -0.4 is 16.2 Å². The number of amides is 2. The normalized spacial score (nSPS) is 13.9. The van der Waals surface area contributed by atoms with Crippen molar-refractivity contribution in [2.45, 2.75) is 39.0 Å². The van der Waals surface area contributed by atoms with Gasteiger partial charge in [0.1, 0.15) is 0 Å². The van der Waals surface area contributed by atoms with Gasteiger partial charge in [-0.1, -0.05) is 39.0 Å². The molecule has 0 radical (unpaired) electrons. The zero-order chi connectivity index (χ0) is 32.3. The molecule has 3 aromatic carbocycles. The van der Waals surface area contributed by atoms with Crippen LogP contribution in [0.15, 0.2) is 77.7 Å². The molecule has 10 heteroatoms. The van der Waals surface area contributed by atoms with E-state index in [1.165, 1.54) is 22.9 Å². The molecule has 2 heterocycles. The van der Waals surface area contributed by atoms with Crippen molar-refractivity contribution in [1.82, 2.24) is 14.5 Å². The monoisotopic (exact) mass is 611 g/mol. The fourth-order valence-electron chi connectivity index (χ4n) is 5.29. The summed E-state index contributed by atoms with van der Waals surface area (Å²) < 4.78 is 17.1. The molecule has 1 saturated heterocycles. The summed E-state index contributed by atoms with van der Waals surface area (Å²) >= 11 is 0. The molecule has 0 atom stereocenters. The third-order valence-corrected chi connectivity index (χ3v) is 8.16. The summed E-state index contributed by atoms with van der Waals surface area (Å²) in [5.74, 6) is -0.997. The van der Waals surface area contributed by atoms with Gasteiger partial charge in [0.25, 0.3) is 17.4 Å². The van der Waals surface area contributed by atoms with Crippen LogP contribution in [0, 0.1) is 11.7 Å². The maximum absolute atomic E-state index is 15.8. The van der Waals surface area contributed by atoms with Crippen LogP contribution in [0.25, 0.3) is 11.3 Å². The molecule has 1 aromatic heterocycles. The maximum Gasteiger partial charge on any atom is 0.293 e. The van der Waals surface area contributed by atoms with Crippen LogP contribution in [-0.2, 0) is 12.5 Å². The van der Waals surface area contributed by atoms with Crippen molar-refractivity contribution in [2.24, 2.45) is 13.0 Å². The summed E-state index contributed by atoms with van der Waals surface area (Å²) in [6, 6.07) is 18.6. The van der Waals surface area contributed by atoms with E-state index in [0.717, 1.165) is 18.4 Å². The molecule has 1 aliphatic heterocycles. The molecule has 45 heavy (non-hydrogen) atoms. The van der Waals surface area contributed by atoms with Gasteiger partial charge in [0.15, 0.2) is 11.6 Å². The maximum atomic E-state index is 15.8. The molecule has 2 amide bonds. The number of aromatic nitrogens is 2. The van der Waals surface area contributed by atoms with Crippen molar-refractivity contribution in [3.63, 3.8) is 0 Å². The lowest BCUT2D eigenvalue weighted by Gasteiger charge is -2.31. The highest BCUT2D eigenvalue weighted by Crippen LogP contribution is 2.28. The molecule has 1 aliphatic rings. The molecule has 0 aliphatic carbocycles. The summed E-state index contributed by atoms with van der Waals surface area (Å²) in [5.41, 5.74) is 2.34. The predicted octanol–water partition coefficient (Wildman–Crippen LogP) is 5.72. The van der Waals surface area contributed by atoms with Crippen molar-refractivity contribution in [1.29, 1.82) is 0 Å². The summed E-state index contributed by atoms with van der Waals surface area (Å²) in [5, 5.41) is 15.0. The average Bonchev–Trinajstić information content (AvgIpc) is 3.04. The Bertz CT molecular complexity index is 1750. The van der Waals surface area contributed by atoms with Gasteiger partial charge in [-0.3, -0.25) is 14.4 Å². The standard InChI is InChI=1S/C35H38FN5O4/c1-35(2,3)25-12-8-23(9-13-25)32(43)39-28-7-5-6-27(30(28)36)29-20-40(4)34(45)31(38-29)37-26-14-10-24(11-15-26)33(44)41-18-16-22(21-42)17-19-41/h5-15,20,22,42H,16-19,21H2,1-4H3,(H,37,38)(H,39,43). The van der Waals surface area contributed by atoms with E-state index in [1.54, 1.807) is 54.4 Å². The van der Waals surface area contributed by atoms with E-state index >= 15 is 4.39 Å². The second-order valence-corrected chi connectivity index (χ2v) is 12.5. The van der Waals surface area contributed by atoms with E-state index in [4.69, 9.17) is 0 Å². The number of piperidine rings is 1. The number of hydrogen-bond acceptors (Lipinski definition) is 6. The van der Waals surface area contributed by atoms with E-state index in [0.29, 0.717) is 29.9 Å². The topological polar surface area (TPSA) is 117 Å². The molecule has 0 saturated carbocycles. The fraction of sp³-hybridized carbons (Fsp3) is 0.314. The van der Waals surface area contributed by atoms with E-state index in [1.807, 2.05) is 12.1 Å². The van der Waals surface area contributed by atoms with Gasteiger partial charge in [0.05, 0.1) is 11.4 Å². The number of aryl methyl sites for hydroxylation is 1. The highest BCUT2D eigenvalue weighted by atomic mass is 19.1. The Balaban J connectivity index is 1.33. The molecular weight excluding hydrogens is 573 g/mol. The number of likely N-dealkylation sites (tertiary alicyclic amines) is 1. The first-order valence-electron chi connectivity index (χ1n) is 15.0. The van der Waals surface area contributed by atoms with Crippen LogP contribution >= 0.6 is 0 Å².